The van der Waals surface area contributed by atoms with Crippen LogP contribution in [0.3, 0.4) is 0 Å². The van der Waals surface area contributed by atoms with Gasteiger partial charge in [-0.2, -0.15) is 0 Å². The van der Waals surface area contributed by atoms with Crippen LogP contribution in [-0.2, 0) is 11.2 Å². The fourth-order valence-corrected chi connectivity index (χ4v) is 3.53. The van der Waals surface area contributed by atoms with E-state index in [2.05, 4.69) is 30.5 Å². The number of ether oxygens (including phenoxy) is 1. The lowest BCUT2D eigenvalue weighted by Crippen LogP contribution is -2.39. The third kappa shape index (κ3) is 7.48. The van der Waals surface area contributed by atoms with E-state index in [4.69, 9.17) is 9.73 Å². The first-order valence-corrected chi connectivity index (χ1v) is 10.1. The van der Waals surface area contributed by atoms with Gasteiger partial charge in [-0.05, 0) is 44.2 Å². The Hall–Kier alpha value is -1.51. The SMILES string of the molecule is CCNC(=NCCC(CC)N1CCCC1=O)NCCc1ccccc1OC.I. The molecule has 28 heavy (non-hydrogen) atoms. The van der Waals surface area contributed by atoms with Gasteiger partial charge in [-0.1, -0.05) is 25.1 Å². The molecule has 1 aliphatic rings. The van der Waals surface area contributed by atoms with Crippen molar-refractivity contribution in [3.63, 3.8) is 0 Å². The van der Waals surface area contributed by atoms with Crippen LogP contribution in [0.15, 0.2) is 29.3 Å². The number of halogens is 1. The molecule has 1 saturated heterocycles. The van der Waals surface area contributed by atoms with Crippen molar-refractivity contribution in [2.75, 3.05) is 33.3 Å². The molecule has 0 spiro atoms. The minimum atomic E-state index is 0. The van der Waals surface area contributed by atoms with Crippen molar-refractivity contribution in [3.8, 4) is 5.75 Å². The predicted octanol–water partition coefficient (Wildman–Crippen LogP) is 3.20. The molecule has 1 amide bonds. The number of hydrogen-bond donors (Lipinski definition) is 2. The Morgan fingerprint density at radius 2 is 2.07 bits per heavy atom. The fraction of sp³-hybridized carbons (Fsp3) is 0.619. The summed E-state index contributed by atoms with van der Waals surface area (Å²) < 4.78 is 5.41. The minimum Gasteiger partial charge on any atom is -0.496 e. The monoisotopic (exact) mass is 502 g/mol. The second-order valence-electron chi connectivity index (χ2n) is 6.79. The molecule has 2 N–H and O–H groups in total. The van der Waals surface area contributed by atoms with E-state index in [1.165, 1.54) is 5.56 Å². The van der Waals surface area contributed by atoms with Crippen molar-refractivity contribution < 1.29 is 9.53 Å². The molecule has 6 nitrogen and oxygen atoms in total. The molecule has 1 aliphatic heterocycles. The maximum Gasteiger partial charge on any atom is 0.222 e. The van der Waals surface area contributed by atoms with Gasteiger partial charge in [-0.25, -0.2) is 0 Å². The first-order valence-electron chi connectivity index (χ1n) is 10.1. The molecule has 1 aromatic carbocycles. The number of benzene rings is 1. The zero-order chi connectivity index (χ0) is 19.5. The maximum absolute atomic E-state index is 12.0. The van der Waals surface area contributed by atoms with E-state index < -0.39 is 0 Å². The molecule has 158 valence electrons. The number of methoxy groups -OCH3 is 1. The van der Waals surface area contributed by atoms with E-state index in [0.717, 1.165) is 57.0 Å². The first-order chi connectivity index (χ1) is 13.2. The predicted molar refractivity (Wildman–Crippen MR) is 126 cm³/mol. The number of carbonyl (C=O) groups is 1. The van der Waals surface area contributed by atoms with Crippen molar-refractivity contribution >= 4 is 35.8 Å². The number of hydrogen-bond acceptors (Lipinski definition) is 3. The summed E-state index contributed by atoms with van der Waals surface area (Å²) in [5.41, 5.74) is 1.18. The summed E-state index contributed by atoms with van der Waals surface area (Å²) in [5, 5.41) is 6.69. The van der Waals surface area contributed by atoms with E-state index in [0.29, 0.717) is 24.9 Å². The van der Waals surface area contributed by atoms with Crippen molar-refractivity contribution in [3.05, 3.63) is 29.8 Å². The molecule has 0 aromatic heterocycles. The summed E-state index contributed by atoms with van der Waals surface area (Å²) >= 11 is 0. The molecule has 0 bridgehead atoms. The van der Waals surface area contributed by atoms with Gasteiger partial charge in [0.1, 0.15) is 5.75 Å². The zero-order valence-electron chi connectivity index (χ0n) is 17.4. The molecule has 1 unspecified atom stereocenters. The topological polar surface area (TPSA) is 66.0 Å². The van der Waals surface area contributed by atoms with Crippen LogP contribution < -0.4 is 15.4 Å². The van der Waals surface area contributed by atoms with E-state index in [-0.39, 0.29) is 24.0 Å². The Morgan fingerprint density at radius 1 is 1.29 bits per heavy atom. The first kappa shape index (κ1) is 24.5. The lowest BCUT2D eigenvalue weighted by Gasteiger charge is -2.26. The van der Waals surface area contributed by atoms with Crippen molar-refractivity contribution in [1.82, 2.24) is 15.5 Å². The molecule has 0 saturated carbocycles. The lowest BCUT2D eigenvalue weighted by atomic mass is 10.1. The highest BCUT2D eigenvalue weighted by atomic mass is 127. The molecule has 1 heterocycles. The molecular formula is C21H35IN4O2. The Bertz CT molecular complexity index is 624. The van der Waals surface area contributed by atoms with E-state index in [1.54, 1.807) is 7.11 Å². The summed E-state index contributed by atoms with van der Waals surface area (Å²) in [7, 11) is 1.70. The maximum atomic E-state index is 12.0. The largest absolute Gasteiger partial charge is 0.496 e. The summed E-state index contributed by atoms with van der Waals surface area (Å²) in [6.07, 6.45) is 4.46. The highest BCUT2D eigenvalue weighted by Gasteiger charge is 2.26. The van der Waals surface area contributed by atoms with Crippen molar-refractivity contribution in [2.45, 2.75) is 52.0 Å². The highest BCUT2D eigenvalue weighted by molar-refractivity contribution is 14.0. The van der Waals surface area contributed by atoms with E-state index in [1.807, 2.05) is 23.1 Å². The third-order valence-corrected chi connectivity index (χ3v) is 4.98. The van der Waals surface area contributed by atoms with Crippen LogP contribution in [0.25, 0.3) is 0 Å². The number of likely N-dealkylation sites (tertiary alicyclic amines) is 1. The average molecular weight is 502 g/mol. The van der Waals surface area contributed by atoms with Gasteiger partial charge in [-0.3, -0.25) is 9.79 Å². The molecule has 1 atom stereocenters. The molecule has 0 radical (unpaired) electrons. The molecule has 1 fully saturated rings. The van der Waals surface area contributed by atoms with Gasteiger partial charge in [0, 0.05) is 38.6 Å². The fourth-order valence-electron chi connectivity index (χ4n) is 3.53. The Morgan fingerprint density at radius 3 is 2.71 bits per heavy atom. The molecule has 2 rings (SSSR count). The van der Waals surface area contributed by atoms with Crippen LogP contribution in [0, 0.1) is 0 Å². The van der Waals surface area contributed by atoms with Crippen LogP contribution in [0.1, 0.15) is 45.1 Å². The highest BCUT2D eigenvalue weighted by Crippen LogP contribution is 2.18. The van der Waals surface area contributed by atoms with Gasteiger partial charge in [0.05, 0.1) is 7.11 Å². The standard InChI is InChI=1S/C21H34N4O2.HI/c1-4-18(25-16-8-11-20(25)26)13-15-24-21(22-5-2)23-14-12-17-9-6-7-10-19(17)27-3;/h6-7,9-10,18H,4-5,8,11-16H2,1-3H3,(H2,22,23,24);1H. The van der Waals surface area contributed by atoms with Gasteiger partial charge < -0.3 is 20.3 Å². The van der Waals surface area contributed by atoms with Gasteiger partial charge in [0.2, 0.25) is 5.91 Å². The Kier molecular flexibility index (Phi) is 11.9. The zero-order valence-corrected chi connectivity index (χ0v) is 19.7. The van der Waals surface area contributed by atoms with E-state index >= 15 is 0 Å². The normalized spacial score (nSPS) is 15.2. The molecule has 0 aliphatic carbocycles. The number of amides is 1. The number of nitrogens with zero attached hydrogens (tertiary/aromatic N) is 2. The number of carbonyl (C=O) groups excluding carboxylic acids is 1. The smallest absolute Gasteiger partial charge is 0.222 e. The van der Waals surface area contributed by atoms with Crippen LogP contribution in [-0.4, -0.2) is 56.1 Å². The van der Waals surface area contributed by atoms with Gasteiger partial charge in [0.15, 0.2) is 5.96 Å². The summed E-state index contributed by atoms with van der Waals surface area (Å²) in [6, 6.07) is 8.39. The molecule has 7 heteroatoms. The van der Waals surface area contributed by atoms with E-state index in [9.17, 15) is 4.79 Å². The van der Waals surface area contributed by atoms with Crippen molar-refractivity contribution in [2.24, 2.45) is 4.99 Å². The summed E-state index contributed by atoms with van der Waals surface area (Å²) in [4.78, 5) is 18.7. The number of aliphatic imine (C=N–C) groups is 1. The minimum absolute atomic E-state index is 0. The second-order valence-corrected chi connectivity index (χ2v) is 6.79. The van der Waals surface area contributed by atoms with Crippen LogP contribution in [0.5, 0.6) is 5.75 Å². The molecule has 1 aromatic rings. The van der Waals surface area contributed by atoms with Crippen LogP contribution in [0.4, 0.5) is 0 Å². The Balaban J connectivity index is 0.00000392. The second kappa shape index (κ2) is 13.6. The number of nitrogens with one attached hydrogen (secondary N) is 2. The number of rotatable bonds is 10. The average Bonchev–Trinajstić information content (AvgIpc) is 3.11. The molecular weight excluding hydrogens is 467 g/mol. The number of guanidine groups is 1. The number of para-hydroxylation sites is 1. The quantitative estimate of drug-likeness (QED) is 0.293. The van der Waals surface area contributed by atoms with Crippen LogP contribution in [0.2, 0.25) is 0 Å². The van der Waals surface area contributed by atoms with Gasteiger partial charge in [0.25, 0.3) is 0 Å². The third-order valence-electron chi connectivity index (χ3n) is 4.98. The van der Waals surface area contributed by atoms with Gasteiger partial charge in [-0.15, -0.1) is 24.0 Å². The van der Waals surface area contributed by atoms with Crippen LogP contribution >= 0.6 is 24.0 Å². The summed E-state index contributed by atoms with van der Waals surface area (Å²) in [5.74, 6) is 2.05. The Labute approximate surface area is 186 Å². The summed E-state index contributed by atoms with van der Waals surface area (Å²) in [6.45, 7) is 7.44. The van der Waals surface area contributed by atoms with Crippen molar-refractivity contribution in [1.29, 1.82) is 0 Å². The van der Waals surface area contributed by atoms with Gasteiger partial charge >= 0.3 is 0 Å². The lowest BCUT2D eigenvalue weighted by molar-refractivity contribution is -0.129.